The molecule has 3 heteroatoms. The van der Waals surface area contributed by atoms with Crippen molar-refractivity contribution >= 4 is 11.8 Å². The van der Waals surface area contributed by atoms with Gasteiger partial charge in [-0.15, -0.1) is 11.8 Å². The number of aromatic hydroxyl groups is 1. The summed E-state index contributed by atoms with van der Waals surface area (Å²) in [5.41, 5.74) is 0.810. The Balaban J connectivity index is 2.91. The third kappa shape index (κ3) is 2.16. The van der Waals surface area contributed by atoms with Gasteiger partial charge in [0.05, 0.1) is 0 Å². The van der Waals surface area contributed by atoms with E-state index in [1.807, 2.05) is 18.4 Å². The summed E-state index contributed by atoms with van der Waals surface area (Å²) in [7, 11) is 0. The molecule has 1 aromatic carbocycles. The van der Waals surface area contributed by atoms with Crippen LogP contribution in [0.3, 0.4) is 0 Å². The van der Waals surface area contributed by atoms with Crippen LogP contribution in [0.5, 0.6) is 5.75 Å². The number of phenols is 1. The lowest BCUT2D eigenvalue weighted by Gasteiger charge is -2.03. The highest BCUT2D eigenvalue weighted by Gasteiger charge is 2.00. The molecule has 0 aliphatic heterocycles. The van der Waals surface area contributed by atoms with Crippen molar-refractivity contribution in [3.8, 4) is 5.75 Å². The second-order valence-electron chi connectivity index (χ2n) is 2.47. The molecule has 1 aromatic rings. The van der Waals surface area contributed by atoms with Crippen molar-refractivity contribution < 1.29 is 10.2 Å². The fourth-order valence-corrected chi connectivity index (χ4v) is 1.47. The first kappa shape index (κ1) is 9.42. The zero-order valence-corrected chi connectivity index (χ0v) is 7.77. The minimum atomic E-state index is 0.0748. The molecule has 0 heterocycles. The molecule has 0 spiro atoms. The number of phenolic OH excluding ortho intramolecular Hbond substituents is 1. The van der Waals surface area contributed by atoms with Crippen LogP contribution in [-0.4, -0.2) is 23.1 Å². The standard InChI is InChI=1S/C9H12O2S/c1-12-8-2-3-9(11)7(6-8)4-5-10/h2-3,6,10-11H,4-5H2,1H3. The van der Waals surface area contributed by atoms with Gasteiger partial charge in [-0.1, -0.05) is 0 Å². The van der Waals surface area contributed by atoms with Crippen LogP contribution in [-0.2, 0) is 6.42 Å². The lowest BCUT2D eigenvalue weighted by Crippen LogP contribution is -1.91. The van der Waals surface area contributed by atoms with Gasteiger partial charge in [0, 0.05) is 11.5 Å². The van der Waals surface area contributed by atoms with Crippen molar-refractivity contribution in [2.45, 2.75) is 11.3 Å². The van der Waals surface area contributed by atoms with E-state index in [1.54, 1.807) is 17.8 Å². The molecule has 0 aliphatic rings. The van der Waals surface area contributed by atoms with Crippen molar-refractivity contribution in [1.29, 1.82) is 0 Å². The summed E-state index contributed by atoms with van der Waals surface area (Å²) < 4.78 is 0. The molecule has 0 saturated carbocycles. The van der Waals surface area contributed by atoms with Gasteiger partial charge in [0.25, 0.3) is 0 Å². The summed E-state index contributed by atoms with van der Waals surface area (Å²) >= 11 is 1.62. The highest BCUT2D eigenvalue weighted by molar-refractivity contribution is 7.98. The third-order valence-electron chi connectivity index (χ3n) is 1.67. The van der Waals surface area contributed by atoms with E-state index in [0.29, 0.717) is 6.42 Å². The van der Waals surface area contributed by atoms with Gasteiger partial charge in [-0.3, -0.25) is 0 Å². The number of rotatable bonds is 3. The molecule has 0 bridgehead atoms. The first-order valence-electron chi connectivity index (χ1n) is 3.74. The van der Waals surface area contributed by atoms with E-state index in [0.717, 1.165) is 10.5 Å². The van der Waals surface area contributed by atoms with Gasteiger partial charge in [-0.25, -0.2) is 0 Å². The Labute approximate surface area is 76.2 Å². The molecule has 2 N–H and O–H groups in total. The fourth-order valence-electron chi connectivity index (χ4n) is 1.01. The molecule has 12 heavy (non-hydrogen) atoms. The van der Waals surface area contributed by atoms with Gasteiger partial charge in [0.15, 0.2) is 0 Å². The molecule has 66 valence electrons. The molecule has 0 unspecified atom stereocenters. The van der Waals surface area contributed by atoms with Crippen LogP contribution < -0.4 is 0 Å². The predicted molar refractivity (Wildman–Crippen MR) is 50.7 cm³/mol. The zero-order valence-electron chi connectivity index (χ0n) is 6.95. The van der Waals surface area contributed by atoms with Crippen molar-refractivity contribution in [3.05, 3.63) is 23.8 Å². The molecule has 0 atom stereocenters. The van der Waals surface area contributed by atoms with Crippen molar-refractivity contribution in [2.75, 3.05) is 12.9 Å². The Kier molecular flexibility index (Phi) is 3.44. The summed E-state index contributed by atoms with van der Waals surface area (Å²) in [6, 6.07) is 5.42. The van der Waals surface area contributed by atoms with E-state index < -0.39 is 0 Å². The maximum atomic E-state index is 9.34. The maximum absolute atomic E-state index is 9.34. The number of hydrogen-bond acceptors (Lipinski definition) is 3. The Hall–Kier alpha value is -0.670. The van der Waals surface area contributed by atoms with Crippen molar-refractivity contribution in [2.24, 2.45) is 0 Å². The Morgan fingerprint density at radius 2 is 2.17 bits per heavy atom. The van der Waals surface area contributed by atoms with E-state index in [2.05, 4.69) is 0 Å². The molecule has 2 nitrogen and oxygen atoms in total. The molecule has 0 aliphatic carbocycles. The lowest BCUT2D eigenvalue weighted by atomic mass is 10.1. The van der Waals surface area contributed by atoms with Crippen LogP contribution >= 0.6 is 11.8 Å². The number of hydrogen-bond donors (Lipinski definition) is 2. The number of aliphatic hydroxyl groups excluding tert-OH is 1. The van der Waals surface area contributed by atoms with Gasteiger partial charge >= 0.3 is 0 Å². The summed E-state index contributed by atoms with van der Waals surface area (Å²) in [4.78, 5) is 1.11. The third-order valence-corrected chi connectivity index (χ3v) is 2.39. The van der Waals surface area contributed by atoms with E-state index in [9.17, 15) is 5.11 Å². The van der Waals surface area contributed by atoms with Crippen molar-refractivity contribution in [1.82, 2.24) is 0 Å². The van der Waals surface area contributed by atoms with Gasteiger partial charge in [0.1, 0.15) is 5.75 Å². The van der Waals surface area contributed by atoms with Gasteiger partial charge in [-0.2, -0.15) is 0 Å². The fraction of sp³-hybridized carbons (Fsp3) is 0.333. The quantitative estimate of drug-likeness (QED) is 0.702. The predicted octanol–water partition coefficient (Wildman–Crippen LogP) is 1.65. The van der Waals surface area contributed by atoms with E-state index in [4.69, 9.17) is 5.11 Å². The van der Waals surface area contributed by atoms with Crippen LogP contribution in [0.15, 0.2) is 23.1 Å². The average Bonchev–Trinajstić information content (AvgIpc) is 2.09. The number of thioether (sulfide) groups is 1. The second kappa shape index (κ2) is 4.38. The van der Waals surface area contributed by atoms with Crippen LogP contribution in [0.1, 0.15) is 5.56 Å². The highest BCUT2D eigenvalue weighted by atomic mass is 32.2. The molecular weight excluding hydrogens is 172 g/mol. The van der Waals surface area contributed by atoms with Gasteiger partial charge in [-0.05, 0) is 36.4 Å². The van der Waals surface area contributed by atoms with Crippen molar-refractivity contribution in [3.63, 3.8) is 0 Å². The first-order valence-corrected chi connectivity index (χ1v) is 4.97. The van der Waals surface area contributed by atoms with Crippen LogP contribution in [0.2, 0.25) is 0 Å². The normalized spacial score (nSPS) is 10.2. The van der Waals surface area contributed by atoms with Crippen LogP contribution in [0.4, 0.5) is 0 Å². The van der Waals surface area contributed by atoms with E-state index in [1.165, 1.54) is 0 Å². The first-order chi connectivity index (χ1) is 5.77. The Bertz CT molecular complexity index is 261. The summed E-state index contributed by atoms with van der Waals surface area (Å²) in [5, 5.41) is 18.0. The molecule has 0 amide bonds. The second-order valence-corrected chi connectivity index (χ2v) is 3.35. The maximum Gasteiger partial charge on any atom is 0.118 e. The largest absolute Gasteiger partial charge is 0.508 e. The Morgan fingerprint density at radius 3 is 2.75 bits per heavy atom. The Morgan fingerprint density at radius 1 is 1.42 bits per heavy atom. The van der Waals surface area contributed by atoms with Gasteiger partial charge < -0.3 is 10.2 Å². The average molecular weight is 184 g/mol. The summed E-state index contributed by atoms with van der Waals surface area (Å²) in [6.45, 7) is 0.0748. The summed E-state index contributed by atoms with van der Waals surface area (Å²) in [6.07, 6.45) is 2.50. The molecular formula is C9H12O2S. The molecule has 0 aromatic heterocycles. The number of aliphatic hydroxyl groups is 1. The molecule has 0 saturated heterocycles. The topological polar surface area (TPSA) is 40.5 Å². The lowest BCUT2D eigenvalue weighted by molar-refractivity contribution is 0.297. The minimum Gasteiger partial charge on any atom is -0.508 e. The van der Waals surface area contributed by atoms with Crippen LogP contribution in [0, 0.1) is 0 Å². The van der Waals surface area contributed by atoms with E-state index >= 15 is 0 Å². The highest BCUT2D eigenvalue weighted by Crippen LogP contribution is 2.23. The SMILES string of the molecule is CSc1ccc(O)c(CCO)c1. The smallest absolute Gasteiger partial charge is 0.118 e. The molecule has 1 rings (SSSR count). The molecule has 0 radical (unpaired) electrons. The van der Waals surface area contributed by atoms with Gasteiger partial charge in [0.2, 0.25) is 0 Å². The monoisotopic (exact) mass is 184 g/mol. The zero-order chi connectivity index (χ0) is 8.97. The minimum absolute atomic E-state index is 0.0748. The number of benzene rings is 1. The summed E-state index contributed by atoms with van der Waals surface area (Å²) in [5.74, 6) is 0.266. The van der Waals surface area contributed by atoms with E-state index in [-0.39, 0.29) is 12.4 Å². The van der Waals surface area contributed by atoms with Crippen LogP contribution in [0.25, 0.3) is 0 Å². The molecule has 0 fully saturated rings.